The highest BCUT2D eigenvalue weighted by atomic mass is 32.2. The molecule has 4 atom stereocenters. The Morgan fingerprint density at radius 2 is 1.69 bits per heavy atom. The van der Waals surface area contributed by atoms with Crippen LogP contribution in [0.25, 0.3) is 17.2 Å². The summed E-state index contributed by atoms with van der Waals surface area (Å²) in [6.07, 6.45) is 33.7. The Balaban J connectivity index is 1.11. The molecule has 5 heteroatoms. The SMILES string of the molecule is N=C(N=C(N=CC1=CC2C(C=C1)Sc1ccc(C3CC=Cc4ncccc43)cc1C21c2ccccc2-c2ccccc21)C1C=CC=CC1)C1=CC=CCC1. The zero-order valence-electron chi connectivity index (χ0n) is 30.0. The molecule has 6 aliphatic rings. The molecule has 1 aromatic heterocycles. The molecule has 4 nitrogen and oxygen atoms in total. The predicted octanol–water partition coefficient (Wildman–Crippen LogP) is 11.4. The number of aliphatic imine (C=N–C) groups is 2. The minimum atomic E-state index is -0.391. The van der Waals surface area contributed by atoms with Crippen LogP contribution in [0, 0.1) is 17.2 Å². The van der Waals surface area contributed by atoms with Crippen LogP contribution in [0.15, 0.2) is 178 Å². The third-order valence-electron chi connectivity index (χ3n) is 11.9. The number of hydrogen-bond acceptors (Lipinski definition) is 3. The van der Waals surface area contributed by atoms with Gasteiger partial charge in [0.2, 0.25) is 0 Å². The summed E-state index contributed by atoms with van der Waals surface area (Å²) in [4.78, 5) is 16.0. The van der Waals surface area contributed by atoms with Crippen molar-refractivity contribution in [1.29, 1.82) is 5.41 Å². The van der Waals surface area contributed by atoms with Gasteiger partial charge >= 0.3 is 0 Å². The molecule has 3 aromatic carbocycles. The number of thioether (sulfide) groups is 1. The molecule has 0 fully saturated rings. The van der Waals surface area contributed by atoms with Crippen LogP contribution in [-0.2, 0) is 5.41 Å². The van der Waals surface area contributed by atoms with Gasteiger partial charge in [-0.25, -0.2) is 9.98 Å². The second-order valence-corrected chi connectivity index (χ2v) is 16.1. The Morgan fingerprint density at radius 1 is 0.833 bits per heavy atom. The molecule has 1 spiro atoms. The quantitative estimate of drug-likeness (QED) is 0.169. The molecule has 262 valence electrons. The fourth-order valence-corrected chi connectivity index (χ4v) is 10.8. The summed E-state index contributed by atoms with van der Waals surface area (Å²) >= 11 is 1.98. The summed E-state index contributed by atoms with van der Waals surface area (Å²) in [5.74, 6) is 1.40. The van der Waals surface area contributed by atoms with Gasteiger partial charge in [0.25, 0.3) is 0 Å². The maximum atomic E-state index is 8.88. The predicted molar refractivity (Wildman–Crippen MR) is 225 cm³/mol. The van der Waals surface area contributed by atoms with Crippen molar-refractivity contribution in [3.05, 3.63) is 197 Å². The number of amidine groups is 2. The minimum absolute atomic E-state index is 0.0256. The fourth-order valence-electron chi connectivity index (χ4n) is 9.40. The molecule has 0 bridgehead atoms. The lowest BCUT2D eigenvalue weighted by atomic mass is 9.61. The average Bonchev–Trinajstić information content (AvgIpc) is 3.53. The summed E-state index contributed by atoms with van der Waals surface area (Å²) < 4.78 is 0. The van der Waals surface area contributed by atoms with Crippen LogP contribution < -0.4 is 0 Å². The molecule has 54 heavy (non-hydrogen) atoms. The van der Waals surface area contributed by atoms with Gasteiger partial charge in [-0.15, -0.1) is 11.8 Å². The molecule has 0 radical (unpaired) electrons. The number of pyridine rings is 1. The number of allylic oxidation sites excluding steroid dienone is 10. The first-order valence-electron chi connectivity index (χ1n) is 19.1. The number of hydrogen-bond donors (Lipinski definition) is 1. The van der Waals surface area contributed by atoms with Gasteiger partial charge in [0, 0.05) is 40.3 Å². The maximum Gasteiger partial charge on any atom is 0.149 e. The molecule has 0 amide bonds. The normalized spacial score (nSPS) is 24.0. The third kappa shape index (κ3) is 5.44. The van der Waals surface area contributed by atoms with E-state index >= 15 is 0 Å². The third-order valence-corrected chi connectivity index (χ3v) is 13.2. The van der Waals surface area contributed by atoms with Gasteiger partial charge in [-0.1, -0.05) is 134 Å². The Morgan fingerprint density at radius 3 is 2.48 bits per heavy atom. The van der Waals surface area contributed by atoms with E-state index in [1.165, 1.54) is 43.8 Å². The number of nitrogens with one attached hydrogen (secondary N) is 1. The molecule has 4 aromatic rings. The maximum absolute atomic E-state index is 8.88. The van der Waals surface area contributed by atoms with Crippen molar-refractivity contribution in [3.63, 3.8) is 0 Å². The molecule has 1 aliphatic heterocycles. The highest BCUT2D eigenvalue weighted by Gasteiger charge is 2.55. The molecule has 2 heterocycles. The van der Waals surface area contributed by atoms with Crippen LogP contribution in [0.4, 0.5) is 0 Å². The molecule has 1 N–H and O–H groups in total. The monoisotopic (exact) mass is 716 g/mol. The van der Waals surface area contributed by atoms with Gasteiger partial charge in [-0.2, -0.15) is 0 Å². The lowest BCUT2D eigenvalue weighted by Crippen LogP contribution is -2.44. The van der Waals surface area contributed by atoms with E-state index in [0.717, 1.165) is 42.5 Å². The smallest absolute Gasteiger partial charge is 0.149 e. The Hall–Kier alpha value is -5.65. The van der Waals surface area contributed by atoms with Crippen molar-refractivity contribution in [2.45, 2.75) is 47.2 Å². The molecule has 0 saturated heterocycles. The van der Waals surface area contributed by atoms with Gasteiger partial charge in [0.05, 0.1) is 11.1 Å². The summed E-state index contributed by atoms with van der Waals surface area (Å²) in [6, 6.07) is 29.8. The lowest BCUT2D eigenvalue weighted by molar-refractivity contribution is 0.448. The standard InChI is InChI=1S/C49H40N4S/c50-47(33-13-3-1-4-14-33)53-48(34-15-5-2-6-16-34)52-31-32-24-26-45-42(29-32)49(40-21-9-7-17-37(40)38-18-8-10-22-41(38)49)43-30-35(25-27-46(43)54-45)36-19-11-23-44-39(36)20-12-28-51-44/h1-3,5-13,15,17-18,20-31,34,36,42,45,50H,4,14,16,19H2. The first-order valence-corrected chi connectivity index (χ1v) is 20.0. The van der Waals surface area contributed by atoms with Gasteiger partial charge < -0.3 is 0 Å². The molecular formula is C49H40N4S. The van der Waals surface area contributed by atoms with Crippen LogP contribution in [0.3, 0.4) is 0 Å². The molecule has 0 saturated carbocycles. The van der Waals surface area contributed by atoms with Crippen molar-refractivity contribution in [3.8, 4) is 11.1 Å². The number of aromatic nitrogens is 1. The van der Waals surface area contributed by atoms with Crippen molar-refractivity contribution >= 4 is 35.7 Å². The van der Waals surface area contributed by atoms with E-state index in [1.54, 1.807) is 0 Å². The summed E-state index contributed by atoms with van der Waals surface area (Å²) in [7, 11) is 0. The van der Waals surface area contributed by atoms with Gasteiger partial charge in [0.1, 0.15) is 11.7 Å². The van der Waals surface area contributed by atoms with Gasteiger partial charge in [0.15, 0.2) is 0 Å². The van der Waals surface area contributed by atoms with Crippen molar-refractivity contribution in [1.82, 2.24) is 4.98 Å². The number of fused-ring (bicyclic) bond motifs is 10. The van der Waals surface area contributed by atoms with E-state index in [4.69, 9.17) is 20.4 Å². The Bertz CT molecular complexity index is 2440. The minimum Gasteiger partial charge on any atom is -0.283 e. The fraction of sp³-hybridized carbons (Fsp3) is 0.184. The van der Waals surface area contributed by atoms with E-state index in [-0.39, 0.29) is 23.0 Å². The Kier molecular flexibility index (Phi) is 8.33. The molecular weight excluding hydrogens is 677 g/mol. The molecule has 4 unspecified atom stereocenters. The average molecular weight is 717 g/mol. The van der Waals surface area contributed by atoms with E-state index in [9.17, 15) is 0 Å². The van der Waals surface area contributed by atoms with Crippen LogP contribution >= 0.6 is 11.8 Å². The van der Waals surface area contributed by atoms with E-state index < -0.39 is 5.41 Å². The first-order chi connectivity index (χ1) is 26.7. The second-order valence-electron chi connectivity index (χ2n) is 14.8. The van der Waals surface area contributed by atoms with Crippen LogP contribution in [-0.4, -0.2) is 28.1 Å². The zero-order chi connectivity index (χ0) is 36.1. The van der Waals surface area contributed by atoms with Gasteiger partial charge in [-0.05, 0) is 94.0 Å². The highest BCUT2D eigenvalue weighted by molar-refractivity contribution is 8.00. The summed E-state index contributed by atoms with van der Waals surface area (Å²) in [6.45, 7) is 0. The number of rotatable bonds is 4. The molecule has 5 aliphatic carbocycles. The highest BCUT2D eigenvalue weighted by Crippen LogP contribution is 2.64. The van der Waals surface area contributed by atoms with Gasteiger partial charge in [-0.3, -0.25) is 10.4 Å². The zero-order valence-corrected chi connectivity index (χ0v) is 30.8. The lowest BCUT2D eigenvalue weighted by Gasteiger charge is -2.48. The number of nitrogens with zero attached hydrogens (tertiary/aromatic N) is 3. The Labute approximate surface area is 321 Å². The second kappa shape index (κ2) is 13.6. The van der Waals surface area contributed by atoms with Crippen LogP contribution in [0.5, 0.6) is 0 Å². The van der Waals surface area contributed by atoms with E-state index in [2.05, 4.69) is 140 Å². The molecule has 10 rings (SSSR count). The van der Waals surface area contributed by atoms with Crippen LogP contribution in [0.2, 0.25) is 0 Å². The van der Waals surface area contributed by atoms with Crippen molar-refractivity contribution < 1.29 is 0 Å². The first kappa shape index (κ1) is 33.0. The summed E-state index contributed by atoms with van der Waals surface area (Å²) in [5.41, 5.74) is 12.1. The van der Waals surface area contributed by atoms with Crippen LogP contribution in [0.1, 0.15) is 65.1 Å². The number of benzene rings is 3. The largest absolute Gasteiger partial charge is 0.283 e. The topological polar surface area (TPSA) is 61.5 Å². The van der Waals surface area contributed by atoms with E-state index in [0.29, 0.717) is 11.7 Å². The van der Waals surface area contributed by atoms with Crippen molar-refractivity contribution in [2.24, 2.45) is 21.8 Å². The van der Waals surface area contributed by atoms with Crippen molar-refractivity contribution in [2.75, 3.05) is 0 Å². The summed E-state index contributed by atoms with van der Waals surface area (Å²) in [5, 5.41) is 9.12. The van der Waals surface area contributed by atoms with E-state index in [1.807, 2.05) is 36.3 Å².